The number of thiazole rings is 1. The van der Waals surface area contributed by atoms with Crippen LogP contribution in [0.4, 0.5) is 5.13 Å². The maximum atomic E-state index is 12.4. The van der Waals surface area contributed by atoms with E-state index in [0.717, 1.165) is 18.5 Å². The lowest BCUT2D eigenvalue weighted by atomic mass is 10.0. The van der Waals surface area contributed by atoms with Crippen molar-refractivity contribution in [3.8, 4) is 5.75 Å². The molecule has 0 saturated carbocycles. The van der Waals surface area contributed by atoms with E-state index in [-0.39, 0.29) is 5.91 Å². The quantitative estimate of drug-likeness (QED) is 0.912. The average molecular weight is 316 g/mol. The minimum Gasteiger partial charge on any atom is -0.481 e. The number of para-hydroxylation sites is 1. The molecule has 0 aliphatic heterocycles. The summed E-state index contributed by atoms with van der Waals surface area (Å²) >= 11 is 1.60. The van der Waals surface area contributed by atoms with Crippen LogP contribution in [0.25, 0.3) is 0 Å². The number of nitrogens with one attached hydrogen (secondary N) is 1. The van der Waals surface area contributed by atoms with Crippen LogP contribution in [0.3, 0.4) is 0 Å². The summed E-state index contributed by atoms with van der Waals surface area (Å²) in [6, 6.07) is 9.44. The zero-order valence-corrected chi connectivity index (χ0v) is 13.5. The van der Waals surface area contributed by atoms with Gasteiger partial charge < -0.3 is 4.74 Å². The molecular weight excluding hydrogens is 296 g/mol. The molecule has 1 aliphatic carbocycles. The summed E-state index contributed by atoms with van der Waals surface area (Å²) in [6.45, 7) is 1.94. The topological polar surface area (TPSA) is 51.2 Å². The molecule has 1 atom stereocenters. The zero-order chi connectivity index (χ0) is 15.4. The van der Waals surface area contributed by atoms with Gasteiger partial charge >= 0.3 is 0 Å². The highest BCUT2D eigenvalue weighted by Crippen LogP contribution is 2.29. The van der Waals surface area contributed by atoms with Crippen molar-refractivity contribution in [3.63, 3.8) is 0 Å². The third-order valence-corrected chi connectivity index (χ3v) is 4.83. The first kappa shape index (κ1) is 15.0. The Hall–Kier alpha value is -1.88. The second-order valence-corrected chi connectivity index (χ2v) is 6.50. The highest BCUT2D eigenvalue weighted by atomic mass is 32.1. The number of hydrogen-bond acceptors (Lipinski definition) is 4. The predicted octanol–water partition coefficient (Wildman–Crippen LogP) is 3.82. The third-order valence-electron chi connectivity index (χ3n) is 3.76. The third kappa shape index (κ3) is 3.47. The van der Waals surface area contributed by atoms with Crippen molar-refractivity contribution >= 4 is 22.4 Å². The van der Waals surface area contributed by atoms with Gasteiger partial charge in [-0.3, -0.25) is 10.1 Å². The molecule has 1 amide bonds. The molecule has 2 aromatic rings. The summed E-state index contributed by atoms with van der Waals surface area (Å²) in [6.07, 6.45) is 4.64. The van der Waals surface area contributed by atoms with Crippen molar-refractivity contribution in [1.29, 1.82) is 0 Å². The SMILES string of the molecule is CC[C@@H](Oc1ccccc1)C(=O)Nc1nc2c(s1)CCCC2. The summed E-state index contributed by atoms with van der Waals surface area (Å²) in [5.41, 5.74) is 1.16. The first-order chi connectivity index (χ1) is 10.8. The molecule has 1 heterocycles. The summed E-state index contributed by atoms with van der Waals surface area (Å²) in [5.74, 6) is 0.584. The Bertz CT molecular complexity index is 616. The highest BCUT2D eigenvalue weighted by Gasteiger charge is 2.21. The van der Waals surface area contributed by atoms with Gasteiger partial charge in [0.15, 0.2) is 11.2 Å². The largest absolute Gasteiger partial charge is 0.481 e. The Labute approximate surface area is 134 Å². The Kier molecular flexibility index (Phi) is 4.73. The molecule has 0 radical (unpaired) electrons. The molecule has 3 rings (SSSR count). The van der Waals surface area contributed by atoms with Gasteiger partial charge in [-0.25, -0.2) is 4.98 Å². The Morgan fingerprint density at radius 3 is 2.82 bits per heavy atom. The molecule has 0 bridgehead atoms. The maximum absolute atomic E-state index is 12.4. The van der Waals surface area contributed by atoms with E-state index >= 15 is 0 Å². The van der Waals surface area contributed by atoms with Crippen LogP contribution in [0.5, 0.6) is 5.75 Å². The van der Waals surface area contributed by atoms with Crippen LogP contribution in [0.1, 0.15) is 36.8 Å². The summed E-state index contributed by atoms with van der Waals surface area (Å²) in [7, 11) is 0. The Balaban J connectivity index is 1.65. The number of aromatic nitrogens is 1. The number of ether oxygens (including phenoxy) is 1. The van der Waals surface area contributed by atoms with E-state index in [9.17, 15) is 4.79 Å². The van der Waals surface area contributed by atoms with E-state index in [2.05, 4.69) is 10.3 Å². The molecule has 22 heavy (non-hydrogen) atoms. The van der Waals surface area contributed by atoms with Gasteiger partial charge in [-0.1, -0.05) is 25.1 Å². The molecule has 0 fully saturated rings. The number of anilines is 1. The molecule has 116 valence electrons. The van der Waals surface area contributed by atoms with Crippen molar-refractivity contribution in [2.24, 2.45) is 0 Å². The predicted molar refractivity (Wildman–Crippen MR) is 88.5 cm³/mol. The van der Waals surface area contributed by atoms with E-state index in [4.69, 9.17) is 4.74 Å². The van der Waals surface area contributed by atoms with Crippen LogP contribution in [0.2, 0.25) is 0 Å². The number of nitrogens with zero attached hydrogens (tertiary/aromatic N) is 1. The monoisotopic (exact) mass is 316 g/mol. The fourth-order valence-electron chi connectivity index (χ4n) is 2.58. The Morgan fingerprint density at radius 2 is 2.09 bits per heavy atom. The molecule has 0 spiro atoms. The lowest BCUT2D eigenvalue weighted by Gasteiger charge is -2.16. The molecule has 0 unspecified atom stereocenters. The van der Waals surface area contributed by atoms with E-state index in [1.54, 1.807) is 11.3 Å². The van der Waals surface area contributed by atoms with Crippen molar-refractivity contribution in [2.75, 3.05) is 5.32 Å². The summed E-state index contributed by atoms with van der Waals surface area (Å²) in [4.78, 5) is 18.3. The second-order valence-electron chi connectivity index (χ2n) is 5.41. The van der Waals surface area contributed by atoms with Crippen molar-refractivity contribution in [3.05, 3.63) is 40.9 Å². The van der Waals surface area contributed by atoms with Crippen molar-refractivity contribution in [2.45, 2.75) is 45.1 Å². The molecule has 1 aromatic carbocycles. The summed E-state index contributed by atoms with van der Waals surface area (Å²) in [5, 5.41) is 3.61. The number of carbonyl (C=O) groups is 1. The van der Waals surface area contributed by atoms with Crippen LogP contribution in [-0.4, -0.2) is 17.0 Å². The van der Waals surface area contributed by atoms with Crippen LogP contribution < -0.4 is 10.1 Å². The molecule has 1 aliphatic rings. The molecule has 1 aromatic heterocycles. The Morgan fingerprint density at radius 1 is 1.32 bits per heavy atom. The van der Waals surface area contributed by atoms with E-state index in [1.165, 1.54) is 17.7 Å². The maximum Gasteiger partial charge on any atom is 0.267 e. The van der Waals surface area contributed by atoms with Gasteiger partial charge in [-0.05, 0) is 44.2 Å². The number of rotatable bonds is 5. The van der Waals surface area contributed by atoms with Gasteiger partial charge in [0.2, 0.25) is 0 Å². The minimum atomic E-state index is -0.497. The standard InChI is InChI=1S/C17H20N2O2S/c1-2-14(21-12-8-4-3-5-9-12)16(20)19-17-18-13-10-6-7-11-15(13)22-17/h3-5,8-9,14H,2,6-7,10-11H2,1H3,(H,18,19,20)/t14-/m1/s1. The average Bonchev–Trinajstić information content (AvgIpc) is 2.95. The zero-order valence-electron chi connectivity index (χ0n) is 12.7. The number of carbonyl (C=O) groups excluding carboxylic acids is 1. The van der Waals surface area contributed by atoms with E-state index < -0.39 is 6.10 Å². The second kappa shape index (κ2) is 6.92. The molecular formula is C17H20N2O2S. The highest BCUT2D eigenvalue weighted by molar-refractivity contribution is 7.15. The van der Waals surface area contributed by atoms with Crippen LogP contribution >= 0.6 is 11.3 Å². The summed E-state index contributed by atoms with van der Waals surface area (Å²) < 4.78 is 5.76. The van der Waals surface area contributed by atoms with Gasteiger partial charge in [0, 0.05) is 4.88 Å². The van der Waals surface area contributed by atoms with Crippen LogP contribution in [0, 0.1) is 0 Å². The van der Waals surface area contributed by atoms with Crippen LogP contribution in [-0.2, 0) is 17.6 Å². The van der Waals surface area contributed by atoms with Crippen molar-refractivity contribution < 1.29 is 9.53 Å². The lowest BCUT2D eigenvalue weighted by molar-refractivity contribution is -0.122. The van der Waals surface area contributed by atoms with Crippen molar-refractivity contribution in [1.82, 2.24) is 4.98 Å². The molecule has 5 heteroatoms. The normalized spacial score (nSPS) is 15.0. The molecule has 4 nitrogen and oxygen atoms in total. The first-order valence-corrected chi connectivity index (χ1v) is 8.59. The number of amides is 1. The smallest absolute Gasteiger partial charge is 0.267 e. The molecule has 0 saturated heterocycles. The van der Waals surface area contributed by atoms with Gasteiger partial charge in [0.25, 0.3) is 5.91 Å². The van der Waals surface area contributed by atoms with Crippen LogP contribution in [0.15, 0.2) is 30.3 Å². The fourth-order valence-corrected chi connectivity index (χ4v) is 3.63. The van der Waals surface area contributed by atoms with Gasteiger partial charge in [-0.2, -0.15) is 0 Å². The van der Waals surface area contributed by atoms with Gasteiger partial charge in [0.05, 0.1) is 5.69 Å². The van der Waals surface area contributed by atoms with Gasteiger partial charge in [-0.15, -0.1) is 11.3 Å². The number of benzene rings is 1. The van der Waals surface area contributed by atoms with E-state index in [1.807, 2.05) is 37.3 Å². The minimum absolute atomic E-state index is 0.127. The fraction of sp³-hybridized carbons (Fsp3) is 0.412. The lowest BCUT2D eigenvalue weighted by Crippen LogP contribution is -2.32. The van der Waals surface area contributed by atoms with Gasteiger partial charge in [0.1, 0.15) is 5.75 Å². The molecule has 1 N–H and O–H groups in total. The first-order valence-electron chi connectivity index (χ1n) is 7.77. The number of aryl methyl sites for hydroxylation is 2. The number of hydrogen-bond donors (Lipinski definition) is 1. The van der Waals surface area contributed by atoms with E-state index in [0.29, 0.717) is 17.3 Å². The number of fused-ring (bicyclic) bond motifs is 1.